The van der Waals surface area contributed by atoms with Crippen LogP contribution in [0.15, 0.2) is 24.3 Å². The van der Waals surface area contributed by atoms with Crippen LogP contribution in [-0.4, -0.2) is 70.9 Å². The van der Waals surface area contributed by atoms with Crippen molar-refractivity contribution in [3.8, 4) is 0 Å². The molecule has 1 aliphatic heterocycles. The van der Waals surface area contributed by atoms with Crippen LogP contribution >= 0.6 is 0 Å². The number of likely N-dealkylation sites (N-methyl/N-ethyl adjacent to an activating group) is 1. The molecule has 0 radical (unpaired) electrons. The number of nitrogens with zero attached hydrogens (tertiary/aromatic N) is 2. The predicted octanol–water partition coefficient (Wildman–Crippen LogP) is 1.53. The van der Waals surface area contributed by atoms with Crippen LogP contribution in [-0.2, 0) is 6.42 Å². The van der Waals surface area contributed by atoms with Crippen molar-refractivity contribution in [2.45, 2.75) is 44.8 Å². The molecule has 24 heavy (non-hydrogen) atoms. The van der Waals surface area contributed by atoms with Gasteiger partial charge in [0.05, 0.1) is 5.60 Å². The third-order valence-corrected chi connectivity index (χ3v) is 4.75. The van der Waals surface area contributed by atoms with Crippen LogP contribution in [0.2, 0.25) is 0 Å². The van der Waals surface area contributed by atoms with E-state index in [0.717, 1.165) is 25.1 Å². The highest BCUT2D eigenvalue weighted by Crippen LogP contribution is 2.17. The van der Waals surface area contributed by atoms with Crippen molar-refractivity contribution in [2.75, 3.05) is 33.3 Å². The number of aliphatic hydroxyl groups is 2. The van der Waals surface area contributed by atoms with Crippen molar-refractivity contribution < 1.29 is 15.0 Å². The van der Waals surface area contributed by atoms with E-state index in [-0.39, 0.29) is 18.6 Å². The Bertz CT molecular complexity index is 537. The molecule has 5 heteroatoms. The summed E-state index contributed by atoms with van der Waals surface area (Å²) in [5.41, 5.74) is 1.16. The van der Waals surface area contributed by atoms with E-state index >= 15 is 0 Å². The first-order valence-corrected chi connectivity index (χ1v) is 8.72. The molecule has 1 aliphatic rings. The minimum absolute atomic E-state index is 0.0556. The average Bonchev–Trinajstić information content (AvgIpc) is 2.54. The lowest BCUT2D eigenvalue weighted by Crippen LogP contribution is -2.53. The molecule has 5 nitrogen and oxygen atoms in total. The van der Waals surface area contributed by atoms with Gasteiger partial charge in [0.25, 0.3) is 5.91 Å². The Hall–Kier alpha value is -1.43. The lowest BCUT2D eigenvalue weighted by atomic mass is 9.98. The molecule has 1 unspecified atom stereocenters. The SMILES string of the molecule is CN1CCN(C(=O)c2ccc(CCC(C)(C)O)cc2)CC1CCO. The molecule has 0 spiro atoms. The highest BCUT2D eigenvalue weighted by Gasteiger charge is 2.27. The fraction of sp³-hybridized carbons (Fsp3) is 0.632. The number of amides is 1. The Labute approximate surface area is 144 Å². The van der Waals surface area contributed by atoms with Crippen molar-refractivity contribution >= 4 is 5.91 Å². The molecule has 1 atom stereocenters. The molecule has 0 saturated carbocycles. The van der Waals surface area contributed by atoms with Gasteiger partial charge in [-0.1, -0.05) is 12.1 Å². The van der Waals surface area contributed by atoms with Crippen molar-refractivity contribution in [1.82, 2.24) is 9.80 Å². The number of aliphatic hydroxyl groups excluding tert-OH is 1. The Balaban J connectivity index is 1.97. The first kappa shape index (κ1) is 18.9. The summed E-state index contributed by atoms with van der Waals surface area (Å²) in [6.45, 7) is 5.98. The zero-order chi connectivity index (χ0) is 17.7. The number of carbonyl (C=O) groups is 1. The minimum Gasteiger partial charge on any atom is -0.396 e. The zero-order valence-corrected chi connectivity index (χ0v) is 15.0. The average molecular weight is 334 g/mol. The fourth-order valence-electron chi connectivity index (χ4n) is 3.04. The summed E-state index contributed by atoms with van der Waals surface area (Å²) in [6.07, 6.45) is 2.18. The minimum atomic E-state index is -0.671. The maximum Gasteiger partial charge on any atom is 0.253 e. The van der Waals surface area contributed by atoms with Crippen LogP contribution in [0.1, 0.15) is 42.6 Å². The van der Waals surface area contributed by atoms with E-state index in [1.807, 2.05) is 36.2 Å². The molecule has 134 valence electrons. The molecule has 1 fully saturated rings. The number of hydrogen-bond donors (Lipinski definition) is 2. The number of benzene rings is 1. The van der Waals surface area contributed by atoms with Gasteiger partial charge >= 0.3 is 0 Å². The van der Waals surface area contributed by atoms with Crippen molar-refractivity contribution in [2.24, 2.45) is 0 Å². The summed E-state index contributed by atoms with van der Waals surface area (Å²) >= 11 is 0. The highest BCUT2D eigenvalue weighted by atomic mass is 16.3. The largest absolute Gasteiger partial charge is 0.396 e. The van der Waals surface area contributed by atoms with E-state index < -0.39 is 5.60 Å². The van der Waals surface area contributed by atoms with Crippen LogP contribution in [0, 0.1) is 0 Å². The molecule has 0 aliphatic carbocycles. The molecule has 1 amide bonds. The van der Waals surface area contributed by atoms with Gasteiger partial charge in [-0.15, -0.1) is 0 Å². The highest BCUT2D eigenvalue weighted by molar-refractivity contribution is 5.94. The number of piperazine rings is 1. The fourth-order valence-corrected chi connectivity index (χ4v) is 3.04. The van der Waals surface area contributed by atoms with E-state index in [4.69, 9.17) is 5.11 Å². The molecule has 1 heterocycles. The van der Waals surface area contributed by atoms with Crippen LogP contribution < -0.4 is 0 Å². The molecule has 0 bridgehead atoms. The lowest BCUT2D eigenvalue weighted by Gasteiger charge is -2.39. The molecular weight excluding hydrogens is 304 g/mol. The molecule has 0 aromatic heterocycles. The van der Waals surface area contributed by atoms with Crippen LogP contribution in [0.4, 0.5) is 0 Å². The first-order chi connectivity index (χ1) is 11.3. The molecule has 1 saturated heterocycles. The summed E-state index contributed by atoms with van der Waals surface area (Å²) in [7, 11) is 2.04. The van der Waals surface area contributed by atoms with Crippen molar-refractivity contribution in [1.29, 1.82) is 0 Å². The van der Waals surface area contributed by atoms with E-state index in [2.05, 4.69) is 4.90 Å². The second kappa shape index (κ2) is 8.10. The summed E-state index contributed by atoms with van der Waals surface area (Å²) in [4.78, 5) is 16.8. The van der Waals surface area contributed by atoms with Gasteiger partial charge in [0, 0.05) is 37.8 Å². The second-order valence-electron chi connectivity index (χ2n) is 7.41. The molecule has 1 aromatic rings. The monoisotopic (exact) mass is 334 g/mol. The second-order valence-corrected chi connectivity index (χ2v) is 7.41. The Kier molecular flexibility index (Phi) is 6.38. The number of rotatable bonds is 6. The van der Waals surface area contributed by atoms with Crippen molar-refractivity contribution in [3.63, 3.8) is 0 Å². The van der Waals surface area contributed by atoms with Gasteiger partial charge in [0.15, 0.2) is 0 Å². The molecule has 2 N–H and O–H groups in total. The van der Waals surface area contributed by atoms with Crippen LogP contribution in [0.25, 0.3) is 0 Å². The summed E-state index contributed by atoms with van der Waals surface area (Å²) in [5, 5.41) is 19.0. The van der Waals surface area contributed by atoms with E-state index in [9.17, 15) is 9.90 Å². The standard InChI is InChI=1S/C19H30N2O3/c1-19(2,24)10-8-15-4-6-16(7-5-15)18(23)21-12-11-20(3)17(14-21)9-13-22/h4-7,17,22,24H,8-14H2,1-3H3. The van der Waals surface area contributed by atoms with Gasteiger partial charge in [-0.2, -0.15) is 0 Å². The van der Waals surface area contributed by atoms with Gasteiger partial charge in [-0.05, 0) is 57.9 Å². The summed E-state index contributed by atoms with van der Waals surface area (Å²) in [5.74, 6) is 0.0556. The van der Waals surface area contributed by atoms with E-state index in [0.29, 0.717) is 24.9 Å². The Morgan fingerprint density at radius 2 is 1.92 bits per heavy atom. The number of aryl methyl sites for hydroxylation is 1. The maximum absolute atomic E-state index is 12.7. The smallest absolute Gasteiger partial charge is 0.253 e. The van der Waals surface area contributed by atoms with Gasteiger partial charge in [0.2, 0.25) is 0 Å². The van der Waals surface area contributed by atoms with Crippen LogP contribution in [0.5, 0.6) is 0 Å². The normalized spacial score (nSPS) is 19.5. The molecular formula is C19H30N2O3. The predicted molar refractivity (Wildman–Crippen MR) is 95.1 cm³/mol. The summed E-state index contributed by atoms with van der Waals surface area (Å²) in [6, 6.07) is 7.92. The topological polar surface area (TPSA) is 64.0 Å². The maximum atomic E-state index is 12.7. The third kappa shape index (κ3) is 5.30. The van der Waals surface area contributed by atoms with Gasteiger partial charge in [0.1, 0.15) is 0 Å². The third-order valence-electron chi connectivity index (χ3n) is 4.75. The molecule has 2 rings (SSSR count). The van der Waals surface area contributed by atoms with Gasteiger partial charge in [-0.25, -0.2) is 0 Å². The number of hydrogen-bond acceptors (Lipinski definition) is 4. The van der Waals surface area contributed by atoms with E-state index in [1.54, 1.807) is 13.8 Å². The Morgan fingerprint density at radius 3 is 2.50 bits per heavy atom. The summed E-state index contributed by atoms with van der Waals surface area (Å²) < 4.78 is 0. The van der Waals surface area contributed by atoms with Crippen molar-refractivity contribution in [3.05, 3.63) is 35.4 Å². The first-order valence-electron chi connectivity index (χ1n) is 8.72. The Morgan fingerprint density at radius 1 is 1.25 bits per heavy atom. The van der Waals surface area contributed by atoms with Crippen LogP contribution in [0.3, 0.4) is 0 Å². The van der Waals surface area contributed by atoms with E-state index in [1.165, 1.54) is 0 Å². The quantitative estimate of drug-likeness (QED) is 0.828. The number of carbonyl (C=O) groups excluding carboxylic acids is 1. The van der Waals surface area contributed by atoms with Gasteiger partial charge in [-0.3, -0.25) is 9.69 Å². The molecule has 1 aromatic carbocycles. The zero-order valence-electron chi connectivity index (χ0n) is 15.0. The van der Waals surface area contributed by atoms with Gasteiger partial charge < -0.3 is 15.1 Å². The lowest BCUT2D eigenvalue weighted by molar-refractivity contribution is 0.0500.